The molecule has 0 saturated heterocycles. The van der Waals surface area contributed by atoms with Crippen LogP contribution in [0, 0.1) is 3.57 Å². The number of rotatable bonds is 4. The molecule has 0 aliphatic carbocycles. The molecule has 0 heterocycles. The minimum absolute atomic E-state index is 0.158. The fraction of sp³-hybridized carbons (Fsp3) is 0.636. The van der Waals surface area contributed by atoms with Gasteiger partial charge in [-0.25, -0.2) is 9.59 Å². The molecular formula is C22H43IN2O4. The van der Waals surface area contributed by atoms with Crippen LogP contribution in [0.25, 0.3) is 0 Å². The first-order chi connectivity index (χ1) is 13.6. The van der Waals surface area contributed by atoms with Crippen LogP contribution in [0.3, 0.4) is 0 Å². The summed E-state index contributed by atoms with van der Waals surface area (Å²) in [4.78, 5) is 22.9. The number of carboxylic acids is 1. The molecule has 6 nitrogen and oxygen atoms in total. The van der Waals surface area contributed by atoms with Crippen LogP contribution in [0.5, 0.6) is 0 Å². The highest BCUT2D eigenvalue weighted by atomic mass is 127. The maximum Gasteiger partial charge on any atom is 0.408 e. The van der Waals surface area contributed by atoms with Gasteiger partial charge in [0.15, 0.2) is 0 Å². The Kier molecular flexibility index (Phi) is 25.6. The SMILES string of the molecule is CC.CC.CC.CC.CC(C)(C)OC(=O)N[C@H](Cc1ccc(N)c(I)c1)C(=O)O. The average molecular weight is 527 g/mol. The minimum atomic E-state index is -1.12. The quantitative estimate of drug-likeness (QED) is 0.307. The van der Waals surface area contributed by atoms with E-state index in [2.05, 4.69) is 27.9 Å². The lowest BCUT2D eigenvalue weighted by atomic mass is 10.1. The predicted molar refractivity (Wildman–Crippen MR) is 133 cm³/mol. The lowest BCUT2D eigenvalue weighted by Crippen LogP contribution is -2.44. The minimum Gasteiger partial charge on any atom is -0.480 e. The smallest absolute Gasteiger partial charge is 0.408 e. The number of alkyl carbamates (subject to hydrolysis) is 1. The van der Waals surface area contributed by atoms with Gasteiger partial charge in [-0.1, -0.05) is 61.5 Å². The largest absolute Gasteiger partial charge is 0.480 e. The van der Waals surface area contributed by atoms with Crippen LogP contribution < -0.4 is 11.1 Å². The van der Waals surface area contributed by atoms with Crippen LogP contribution in [0.4, 0.5) is 10.5 Å². The summed E-state index contributed by atoms with van der Waals surface area (Å²) in [5.74, 6) is -1.12. The van der Waals surface area contributed by atoms with Gasteiger partial charge in [0.1, 0.15) is 11.6 Å². The zero-order chi connectivity index (χ0) is 24.2. The van der Waals surface area contributed by atoms with Crippen molar-refractivity contribution in [2.45, 2.75) is 94.2 Å². The average Bonchev–Trinajstić information content (AvgIpc) is 2.69. The van der Waals surface area contributed by atoms with Crippen LogP contribution in [-0.2, 0) is 16.0 Å². The first kappa shape index (κ1) is 35.0. The summed E-state index contributed by atoms with van der Waals surface area (Å²) in [5, 5.41) is 11.6. The third-order valence-corrected chi connectivity index (χ3v) is 3.43. The Labute approximate surface area is 192 Å². The van der Waals surface area contributed by atoms with Gasteiger partial charge in [-0.3, -0.25) is 0 Å². The highest BCUT2D eigenvalue weighted by molar-refractivity contribution is 14.1. The van der Waals surface area contributed by atoms with Gasteiger partial charge < -0.3 is 20.9 Å². The number of nitrogen functional groups attached to an aromatic ring is 1. The van der Waals surface area contributed by atoms with E-state index in [9.17, 15) is 14.7 Å². The van der Waals surface area contributed by atoms with E-state index in [0.29, 0.717) is 5.69 Å². The fourth-order valence-corrected chi connectivity index (χ4v) is 2.16. The molecular weight excluding hydrogens is 483 g/mol. The number of benzene rings is 1. The van der Waals surface area contributed by atoms with Crippen molar-refractivity contribution in [1.29, 1.82) is 0 Å². The molecule has 0 fully saturated rings. The van der Waals surface area contributed by atoms with Gasteiger partial charge in [-0.05, 0) is 61.1 Å². The van der Waals surface area contributed by atoms with E-state index in [1.807, 2.05) is 55.4 Å². The van der Waals surface area contributed by atoms with E-state index < -0.39 is 23.7 Å². The molecule has 4 N–H and O–H groups in total. The molecule has 172 valence electrons. The zero-order valence-electron chi connectivity index (χ0n) is 20.1. The van der Waals surface area contributed by atoms with Crippen LogP contribution in [-0.4, -0.2) is 28.8 Å². The highest BCUT2D eigenvalue weighted by Crippen LogP contribution is 2.17. The summed E-state index contributed by atoms with van der Waals surface area (Å²) in [6.45, 7) is 21.1. The van der Waals surface area contributed by atoms with Gasteiger partial charge in [0.05, 0.1) is 0 Å². The van der Waals surface area contributed by atoms with Crippen LogP contribution in [0.15, 0.2) is 18.2 Å². The number of amides is 1. The van der Waals surface area contributed by atoms with Crippen molar-refractivity contribution in [3.8, 4) is 0 Å². The second kappa shape index (κ2) is 21.2. The molecule has 1 atom stereocenters. The standard InChI is InChI=1S/C14H19IN2O4.4C2H6/c1-14(2,3)21-13(20)17-11(12(18)19)7-8-4-5-10(16)9(15)6-8;4*1-2/h4-6,11H,7,16H2,1-3H3,(H,17,20)(H,18,19);4*1-2H3/t11-;;;;/m1..../s1. The number of hydrogen-bond donors (Lipinski definition) is 3. The Bertz CT molecular complexity index is 544. The first-order valence-corrected chi connectivity index (χ1v) is 11.4. The molecule has 0 saturated carbocycles. The molecule has 1 aromatic rings. The summed E-state index contributed by atoms with van der Waals surface area (Å²) in [7, 11) is 0. The summed E-state index contributed by atoms with van der Waals surface area (Å²) in [6.07, 6.45) is -0.592. The number of anilines is 1. The van der Waals surface area contributed by atoms with Crippen LogP contribution in [0.1, 0.15) is 81.7 Å². The van der Waals surface area contributed by atoms with Gasteiger partial charge in [-0.2, -0.15) is 0 Å². The Morgan fingerprint density at radius 1 is 1.07 bits per heavy atom. The van der Waals surface area contributed by atoms with Crippen LogP contribution in [0.2, 0.25) is 0 Å². The molecule has 29 heavy (non-hydrogen) atoms. The maximum absolute atomic E-state index is 11.7. The molecule has 0 aliphatic heterocycles. The number of aliphatic carboxylic acids is 1. The first-order valence-electron chi connectivity index (χ1n) is 10.3. The van der Waals surface area contributed by atoms with Gasteiger partial charge >= 0.3 is 12.1 Å². The lowest BCUT2D eigenvalue weighted by molar-refractivity contribution is -0.139. The van der Waals surface area contributed by atoms with Gasteiger partial charge in [0, 0.05) is 15.7 Å². The van der Waals surface area contributed by atoms with Crippen molar-refractivity contribution in [1.82, 2.24) is 5.32 Å². The van der Waals surface area contributed by atoms with Crippen molar-refractivity contribution in [2.24, 2.45) is 0 Å². The predicted octanol–water partition coefficient (Wildman–Crippen LogP) is 6.50. The summed E-state index contributed by atoms with van der Waals surface area (Å²) >= 11 is 2.07. The van der Waals surface area contributed by atoms with Crippen molar-refractivity contribution in [2.75, 3.05) is 5.73 Å². The molecule has 0 aromatic heterocycles. The third kappa shape index (κ3) is 19.6. The van der Waals surface area contributed by atoms with E-state index >= 15 is 0 Å². The number of halogens is 1. The Morgan fingerprint density at radius 3 is 1.86 bits per heavy atom. The number of nitrogens with two attached hydrogens (primary N) is 1. The summed E-state index contributed by atoms with van der Waals surface area (Å²) < 4.78 is 5.90. The monoisotopic (exact) mass is 526 g/mol. The number of carboxylic acid groups (broad SMARTS) is 1. The van der Waals surface area contributed by atoms with Gasteiger partial charge in [0.2, 0.25) is 0 Å². The molecule has 1 aromatic carbocycles. The van der Waals surface area contributed by atoms with E-state index in [1.165, 1.54) is 0 Å². The van der Waals surface area contributed by atoms with Crippen molar-refractivity contribution in [3.63, 3.8) is 0 Å². The van der Waals surface area contributed by atoms with E-state index in [-0.39, 0.29) is 6.42 Å². The molecule has 0 unspecified atom stereocenters. The Balaban J connectivity index is -0.000000347. The summed E-state index contributed by atoms with van der Waals surface area (Å²) in [5.41, 5.74) is 6.44. The van der Waals surface area contributed by atoms with E-state index in [0.717, 1.165) is 9.13 Å². The number of ether oxygens (including phenoxy) is 1. The molecule has 1 amide bonds. The van der Waals surface area contributed by atoms with Gasteiger partial charge in [-0.15, -0.1) is 0 Å². The topological polar surface area (TPSA) is 102 Å². The zero-order valence-corrected chi connectivity index (χ0v) is 22.3. The molecule has 0 bridgehead atoms. The molecule has 0 aliphatic rings. The second-order valence-electron chi connectivity index (χ2n) is 5.60. The van der Waals surface area contributed by atoms with E-state index in [1.54, 1.807) is 39.0 Å². The molecule has 1 rings (SSSR count). The van der Waals surface area contributed by atoms with E-state index in [4.69, 9.17) is 10.5 Å². The third-order valence-electron chi connectivity index (χ3n) is 2.49. The maximum atomic E-state index is 11.7. The number of carbonyl (C=O) groups is 2. The molecule has 0 spiro atoms. The van der Waals surface area contributed by atoms with Crippen molar-refractivity contribution >= 4 is 40.3 Å². The molecule has 7 heteroatoms. The Hall–Kier alpha value is -1.51. The molecule has 0 radical (unpaired) electrons. The lowest BCUT2D eigenvalue weighted by Gasteiger charge is -2.22. The summed E-state index contributed by atoms with van der Waals surface area (Å²) in [6, 6.07) is 4.19. The fourth-order valence-electron chi connectivity index (χ4n) is 1.58. The normalized spacial score (nSPS) is 9.93. The Morgan fingerprint density at radius 2 is 1.52 bits per heavy atom. The van der Waals surface area contributed by atoms with Crippen molar-refractivity contribution < 1.29 is 19.4 Å². The number of hydrogen-bond acceptors (Lipinski definition) is 4. The van der Waals surface area contributed by atoms with Crippen LogP contribution >= 0.6 is 22.6 Å². The number of carbonyl (C=O) groups excluding carboxylic acids is 1. The van der Waals surface area contributed by atoms with Gasteiger partial charge in [0.25, 0.3) is 0 Å². The second-order valence-corrected chi connectivity index (χ2v) is 6.76. The number of nitrogens with one attached hydrogen (secondary N) is 1. The highest BCUT2D eigenvalue weighted by Gasteiger charge is 2.24. The van der Waals surface area contributed by atoms with Crippen molar-refractivity contribution in [3.05, 3.63) is 27.3 Å².